The van der Waals surface area contributed by atoms with Crippen LogP contribution in [0.3, 0.4) is 0 Å². The fourth-order valence-electron chi connectivity index (χ4n) is 3.51. The minimum atomic E-state index is 0.0918. The van der Waals surface area contributed by atoms with E-state index in [1.165, 1.54) is 5.69 Å². The molecule has 2 aliphatic rings. The van der Waals surface area contributed by atoms with Crippen LogP contribution in [0.4, 0.5) is 5.69 Å². The van der Waals surface area contributed by atoms with Gasteiger partial charge in [0, 0.05) is 43.8 Å². The third-order valence-electron chi connectivity index (χ3n) is 4.76. The fourth-order valence-corrected chi connectivity index (χ4v) is 3.51. The Morgan fingerprint density at radius 1 is 1.14 bits per heavy atom. The standard InChI is InChI=1S/C17H22N4O/c18-13-19-15-7-6-14(12-15)17(22)21-10-8-20(9-11-21)16-4-2-1-3-5-16/h1-5,14-15,19H,6-12H2/t14-,15?/m0/s1. The Morgan fingerprint density at radius 3 is 2.55 bits per heavy atom. The predicted molar refractivity (Wildman–Crippen MR) is 85.1 cm³/mol. The third kappa shape index (κ3) is 3.16. The average Bonchev–Trinajstić information content (AvgIpc) is 3.04. The van der Waals surface area contributed by atoms with Crippen molar-refractivity contribution in [2.24, 2.45) is 5.92 Å². The van der Waals surface area contributed by atoms with Crippen molar-refractivity contribution < 1.29 is 4.79 Å². The summed E-state index contributed by atoms with van der Waals surface area (Å²) in [6, 6.07) is 10.5. The summed E-state index contributed by atoms with van der Waals surface area (Å²) in [4.78, 5) is 16.9. The van der Waals surface area contributed by atoms with E-state index in [-0.39, 0.29) is 17.9 Å². The quantitative estimate of drug-likeness (QED) is 0.680. The van der Waals surface area contributed by atoms with Crippen LogP contribution < -0.4 is 10.2 Å². The molecule has 2 fully saturated rings. The Hall–Kier alpha value is -2.22. The van der Waals surface area contributed by atoms with E-state index in [1.54, 1.807) is 0 Å². The third-order valence-corrected chi connectivity index (χ3v) is 4.76. The highest BCUT2D eigenvalue weighted by atomic mass is 16.2. The van der Waals surface area contributed by atoms with E-state index in [4.69, 9.17) is 5.26 Å². The monoisotopic (exact) mass is 298 g/mol. The molecule has 1 N–H and O–H groups in total. The van der Waals surface area contributed by atoms with E-state index >= 15 is 0 Å². The molecule has 1 saturated carbocycles. The van der Waals surface area contributed by atoms with Crippen molar-refractivity contribution in [3.8, 4) is 6.19 Å². The maximum Gasteiger partial charge on any atom is 0.225 e. The van der Waals surface area contributed by atoms with E-state index in [0.29, 0.717) is 0 Å². The first kappa shape index (κ1) is 14.7. The minimum absolute atomic E-state index is 0.0918. The second-order valence-electron chi connectivity index (χ2n) is 6.11. The number of para-hydroxylation sites is 1. The summed E-state index contributed by atoms with van der Waals surface area (Å²) in [6.45, 7) is 3.37. The second-order valence-corrected chi connectivity index (χ2v) is 6.11. The normalized spacial score (nSPS) is 24.9. The molecule has 1 aliphatic carbocycles. The highest BCUT2D eigenvalue weighted by molar-refractivity contribution is 5.79. The molecule has 1 aromatic carbocycles. The first-order valence-corrected chi connectivity index (χ1v) is 8.01. The Kier molecular flexibility index (Phi) is 4.47. The summed E-state index contributed by atoms with van der Waals surface area (Å²) in [5.41, 5.74) is 1.23. The number of nitriles is 1. The maximum absolute atomic E-state index is 12.6. The van der Waals surface area contributed by atoms with E-state index in [9.17, 15) is 4.79 Å². The molecular formula is C17H22N4O. The number of amides is 1. The van der Waals surface area contributed by atoms with Gasteiger partial charge in [-0.25, -0.2) is 0 Å². The molecule has 1 aliphatic heterocycles. The molecule has 1 saturated heterocycles. The van der Waals surface area contributed by atoms with Crippen LogP contribution in [0.1, 0.15) is 19.3 Å². The minimum Gasteiger partial charge on any atom is -0.368 e. The lowest BCUT2D eigenvalue weighted by Gasteiger charge is -2.37. The van der Waals surface area contributed by atoms with Gasteiger partial charge < -0.3 is 15.1 Å². The lowest BCUT2D eigenvalue weighted by molar-refractivity contribution is -0.135. The van der Waals surface area contributed by atoms with Crippen LogP contribution >= 0.6 is 0 Å². The van der Waals surface area contributed by atoms with Gasteiger partial charge in [0.2, 0.25) is 5.91 Å². The number of piperazine rings is 1. The number of hydrogen-bond donors (Lipinski definition) is 1. The van der Waals surface area contributed by atoms with Gasteiger partial charge in [0.1, 0.15) is 0 Å². The topological polar surface area (TPSA) is 59.4 Å². The summed E-state index contributed by atoms with van der Waals surface area (Å²) in [7, 11) is 0. The van der Waals surface area contributed by atoms with Crippen LogP contribution in [0.25, 0.3) is 0 Å². The summed E-state index contributed by atoms with van der Waals surface area (Å²) < 4.78 is 0. The number of hydrogen-bond acceptors (Lipinski definition) is 4. The van der Waals surface area contributed by atoms with E-state index < -0.39 is 0 Å². The molecule has 0 aromatic heterocycles. The van der Waals surface area contributed by atoms with Crippen molar-refractivity contribution in [1.29, 1.82) is 5.26 Å². The smallest absolute Gasteiger partial charge is 0.225 e. The maximum atomic E-state index is 12.6. The highest BCUT2D eigenvalue weighted by Gasteiger charge is 2.33. The van der Waals surface area contributed by atoms with Crippen LogP contribution in [-0.2, 0) is 4.79 Å². The molecule has 5 heteroatoms. The predicted octanol–water partition coefficient (Wildman–Crippen LogP) is 1.57. The highest BCUT2D eigenvalue weighted by Crippen LogP contribution is 2.28. The van der Waals surface area contributed by atoms with Gasteiger partial charge in [-0.3, -0.25) is 4.79 Å². The number of nitrogens with one attached hydrogen (secondary N) is 1. The number of benzene rings is 1. The summed E-state index contributed by atoms with van der Waals surface area (Å²) in [5, 5.41) is 11.5. The van der Waals surface area contributed by atoms with Crippen molar-refractivity contribution >= 4 is 11.6 Å². The van der Waals surface area contributed by atoms with Crippen molar-refractivity contribution in [3.63, 3.8) is 0 Å². The Morgan fingerprint density at radius 2 is 1.86 bits per heavy atom. The van der Waals surface area contributed by atoms with E-state index in [2.05, 4.69) is 22.3 Å². The van der Waals surface area contributed by atoms with Gasteiger partial charge in [0.05, 0.1) is 0 Å². The lowest BCUT2D eigenvalue weighted by atomic mass is 10.1. The summed E-state index contributed by atoms with van der Waals surface area (Å²) in [5.74, 6) is 0.365. The van der Waals surface area contributed by atoms with Crippen LogP contribution in [-0.4, -0.2) is 43.0 Å². The molecule has 1 heterocycles. The van der Waals surface area contributed by atoms with Crippen LogP contribution in [0.15, 0.2) is 30.3 Å². The molecule has 3 rings (SSSR count). The fraction of sp³-hybridized carbons (Fsp3) is 0.529. The van der Waals surface area contributed by atoms with E-state index in [1.807, 2.05) is 29.3 Å². The largest absolute Gasteiger partial charge is 0.368 e. The van der Waals surface area contributed by atoms with Crippen LogP contribution in [0.5, 0.6) is 0 Å². The van der Waals surface area contributed by atoms with Gasteiger partial charge in [0.15, 0.2) is 6.19 Å². The molecule has 0 bridgehead atoms. The summed E-state index contributed by atoms with van der Waals surface area (Å²) >= 11 is 0. The first-order chi connectivity index (χ1) is 10.8. The first-order valence-electron chi connectivity index (χ1n) is 8.01. The molecular weight excluding hydrogens is 276 g/mol. The number of anilines is 1. The van der Waals surface area contributed by atoms with Gasteiger partial charge in [-0.2, -0.15) is 5.26 Å². The van der Waals surface area contributed by atoms with Gasteiger partial charge >= 0.3 is 0 Å². The van der Waals surface area contributed by atoms with Crippen molar-refractivity contribution in [2.45, 2.75) is 25.3 Å². The van der Waals surface area contributed by atoms with Gasteiger partial charge in [-0.05, 0) is 31.4 Å². The molecule has 22 heavy (non-hydrogen) atoms. The zero-order valence-electron chi connectivity index (χ0n) is 12.7. The zero-order valence-corrected chi connectivity index (χ0v) is 12.7. The molecule has 1 aromatic rings. The molecule has 2 atom stereocenters. The second kappa shape index (κ2) is 6.69. The summed E-state index contributed by atoms with van der Waals surface area (Å²) in [6.07, 6.45) is 4.61. The Balaban J connectivity index is 1.51. The van der Waals surface area contributed by atoms with Crippen LogP contribution in [0, 0.1) is 17.4 Å². The van der Waals surface area contributed by atoms with Crippen molar-refractivity contribution in [2.75, 3.05) is 31.1 Å². The number of carbonyl (C=O) groups is 1. The van der Waals surface area contributed by atoms with E-state index in [0.717, 1.165) is 45.4 Å². The molecule has 0 spiro atoms. The Labute approximate surface area is 131 Å². The van der Waals surface area contributed by atoms with Crippen molar-refractivity contribution in [1.82, 2.24) is 10.2 Å². The van der Waals surface area contributed by atoms with Gasteiger partial charge in [0.25, 0.3) is 0 Å². The Bertz CT molecular complexity index is 546. The lowest BCUT2D eigenvalue weighted by Crippen LogP contribution is -2.50. The average molecular weight is 298 g/mol. The molecule has 1 amide bonds. The number of nitrogens with zero attached hydrogens (tertiary/aromatic N) is 3. The van der Waals surface area contributed by atoms with Crippen molar-refractivity contribution in [3.05, 3.63) is 30.3 Å². The molecule has 116 valence electrons. The molecule has 0 radical (unpaired) electrons. The van der Waals surface area contributed by atoms with Gasteiger partial charge in [-0.15, -0.1) is 0 Å². The molecule has 5 nitrogen and oxygen atoms in total. The number of rotatable bonds is 3. The zero-order chi connectivity index (χ0) is 15.4. The SMILES string of the molecule is N#CNC1CC[C@H](C(=O)N2CCN(c3ccccc3)CC2)C1. The van der Waals surface area contributed by atoms with Gasteiger partial charge in [-0.1, -0.05) is 18.2 Å². The van der Waals surface area contributed by atoms with Crippen LogP contribution in [0.2, 0.25) is 0 Å². The molecule has 1 unspecified atom stereocenters. The number of carbonyl (C=O) groups excluding carboxylic acids is 1.